The Morgan fingerprint density at radius 2 is 1.64 bits per heavy atom. The highest BCUT2D eigenvalue weighted by Gasteiger charge is 2.45. The van der Waals surface area contributed by atoms with Crippen molar-refractivity contribution in [3.63, 3.8) is 0 Å². The maximum absolute atomic E-state index is 15.8. The smallest absolute Gasteiger partial charge is 0.301 e. The molecule has 0 spiro atoms. The number of halogens is 3. The summed E-state index contributed by atoms with van der Waals surface area (Å²) in [6.45, 7) is 9.50. The Labute approximate surface area is 463 Å². The lowest BCUT2D eigenvalue weighted by Crippen LogP contribution is -2.63. The van der Waals surface area contributed by atoms with Crippen molar-refractivity contribution >= 4 is 67.4 Å². The van der Waals surface area contributed by atoms with E-state index in [0.717, 1.165) is 70.0 Å². The summed E-state index contributed by atoms with van der Waals surface area (Å²) in [5, 5.41) is 28.7. The minimum Gasteiger partial charge on any atom is -0.394 e. The molecular weight excluding hydrogens is 1080 g/mol. The van der Waals surface area contributed by atoms with E-state index < -0.39 is 81.6 Å². The Balaban J connectivity index is 0.682. The summed E-state index contributed by atoms with van der Waals surface area (Å²) in [7, 11) is -4.38. The highest BCUT2D eigenvalue weighted by Crippen LogP contribution is 2.36. The third-order valence-electron chi connectivity index (χ3n) is 15.8. The summed E-state index contributed by atoms with van der Waals surface area (Å²) < 4.78 is 79.3. The van der Waals surface area contributed by atoms with Crippen LogP contribution in [0.1, 0.15) is 71.6 Å². The lowest BCUT2D eigenvalue weighted by Gasteiger charge is -2.48. The molecule has 0 bridgehead atoms. The van der Waals surface area contributed by atoms with E-state index >= 15 is 8.78 Å². The van der Waals surface area contributed by atoms with Crippen LogP contribution in [0.25, 0.3) is 32.6 Å². The van der Waals surface area contributed by atoms with E-state index in [1.807, 2.05) is 74.0 Å². The maximum Gasteiger partial charge on any atom is 0.301 e. The van der Waals surface area contributed by atoms with Crippen molar-refractivity contribution in [2.24, 2.45) is 5.92 Å². The predicted molar refractivity (Wildman–Crippen MR) is 295 cm³/mol. The largest absolute Gasteiger partial charge is 0.394 e. The first-order valence-corrected chi connectivity index (χ1v) is 28.9. The van der Waals surface area contributed by atoms with Gasteiger partial charge in [-0.15, -0.1) is 11.3 Å². The van der Waals surface area contributed by atoms with Crippen LogP contribution < -0.4 is 19.8 Å². The SMILES string of the molecule is Cc1ncsc1-c1ccc([C@H](CO)NC(=O)[C@@H]2C[C@@H](O)CN2C(=O)C(c2cc(N3CC(N4CCN(c5ccc(-c6cnc7[nH]cc(C(=O)c8c(F)ccc(NS(=O)(=O)N9CC[C@@H](F)C9)c8F)c7c6)cc5)CC4)C3)no2)C(C)C)cc1. The predicted octanol–water partition coefficient (Wildman–Crippen LogP) is 6.42. The van der Waals surface area contributed by atoms with Gasteiger partial charge >= 0.3 is 10.2 Å². The number of carbonyl (C=O) groups excluding carboxylic acids is 3. The monoisotopic (exact) mass is 1140 g/mol. The number of aliphatic hydroxyl groups is 2. The first-order valence-electron chi connectivity index (χ1n) is 26.6. The number of alkyl halides is 1. The minimum absolute atomic E-state index is 0.00881. The molecule has 19 nitrogen and oxygen atoms in total. The number of amides is 2. The number of piperazine rings is 1. The Morgan fingerprint density at radius 1 is 0.900 bits per heavy atom. The Kier molecular flexibility index (Phi) is 15.3. The second kappa shape index (κ2) is 22.4. The molecule has 4 fully saturated rings. The number of hydrogen-bond acceptors (Lipinski definition) is 15. The van der Waals surface area contributed by atoms with E-state index in [9.17, 15) is 37.4 Å². The molecule has 3 aromatic carbocycles. The van der Waals surface area contributed by atoms with Crippen molar-refractivity contribution in [1.29, 1.82) is 0 Å². The molecule has 1 unspecified atom stereocenters. The number of carbonyl (C=O) groups is 3. The molecule has 4 aromatic heterocycles. The van der Waals surface area contributed by atoms with Crippen LogP contribution >= 0.6 is 11.3 Å². The van der Waals surface area contributed by atoms with Crippen LogP contribution in [0.3, 0.4) is 0 Å². The van der Waals surface area contributed by atoms with E-state index in [0.29, 0.717) is 46.8 Å². The number of aryl methyl sites for hydroxylation is 1. The lowest BCUT2D eigenvalue weighted by atomic mass is 9.91. The van der Waals surface area contributed by atoms with Gasteiger partial charge in [-0.1, -0.05) is 55.4 Å². The normalized spacial score (nSPS) is 20.2. The Hall–Kier alpha value is -7.22. The molecule has 4 aliphatic heterocycles. The summed E-state index contributed by atoms with van der Waals surface area (Å²) in [5.41, 5.74) is 5.48. The number of H-pyrrole nitrogens is 1. The molecule has 0 aliphatic carbocycles. The zero-order chi connectivity index (χ0) is 56.1. The lowest BCUT2D eigenvalue weighted by molar-refractivity contribution is -0.141. The average Bonchev–Trinajstić information content (AvgIpc) is 4.34. The number of anilines is 3. The van der Waals surface area contributed by atoms with E-state index in [1.54, 1.807) is 23.8 Å². The highest BCUT2D eigenvalue weighted by atomic mass is 32.2. The average molecular weight is 1140 g/mol. The number of thiazole rings is 1. The number of aliphatic hydroxyl groups excluding tert-OH is 2. The molecule has 2 amide bonds. The number of nitrogens with zero attached hydrogens (tertiary/aromatic N) is 8. The maximum atomic E-state index is 15.8. The molecular formula is C56H60F3N11O8S2. The van der Waals surface area contributed by atoms with Gasteiger partial charge in [-0.2, -0.15) is 12.7 Å². The third-order valence-corrected chi connectivity index (χ3v) is 18.3. The number of benzene rings is 3. The summed E-state index contributed by atoms with van der Waals surface area (Å²) in [6, 6.07) is 19.2. The van der Waals surface area contributed by atoms with Gasteiger partial charge in [-0.25, -0.2) is 23.1 Å². The second-order valence-electron chi connectivity index (χ2n) is 21.3. The molecule has 5 atom stereocenters. The topological polar surface area (TPSA) is 234 Å². The van der Waals surface area contributed by atoms with Crippen LogP contribution in [0.4, 0.5) is 30.4 Å². The first-order chi connectivity index (χ1) is 38.4. The van der Waals surface area contributed by atoms with Crippen LogP contribution in [0.5, 0.6) is 0 Å². The molecule has 8 heterocycles. The van der Waals surface area contributed by atoms with Crippen LogP contribution in [0, 0.1) is 24.5 Å². The van der Waals surface area contributed by atoms with Crippen LogP contribution in [-0.2, 0) is 19.8 Å². The zero-order valence-electron chi connectivity index (χ0n) is 44.1. The van der Waals surface area contributed by atoms with Crippen molar-refractivity contribution in [3.8, 4) is 21.6 Å². The second-order valence-corrected chi connectivity index (χ2v) is 23.8. The Bertz CT molecular complexity index is 3550. The van der Waals surface area contributed by atoms with Gasteiger partial charge in [-0.05, 0) is 66.3 Å². The zero-order valence-corrected chi connectivity index (χ0v) is 45.7. The first kappa shape index (κ1) is 54.7. The number of pyridine rings is 1. The van der Waals surface area contributed by atoms with Gasteiger partial charge in [0, 0.05) is 112 Å². The molecule has 11 rings (SSSR count). The number of likely N-dealkylation sites (tertiary alicyclic amines) is 1. The van der Waals surface area contributed by atoms with Gasteiger partial charge in [0.25, 0.3) is 0 Å². The van der Waals surface area contributed by atoms with Crippen molar-refractivity contribution in [2.45, 2.75) is 69.9 Å². The molecule has 420 valence electrons. The van der Waals surface area contributed by atoms with E-state index in [2.05, 4.69) is 40.1 Å². The van der Waals surface area contributed by atoms with E-state index in [-0.39, 0.29) is 56.0 Å². The molecule has 80 heavy (non-hydrogen) atoms. The fourth-order valence-electron chi connectivity index (χ4n) is 11.3. The highest BCUT2D eigenvalue weighted by molar-refractivity contribution is 7.90. The van der Waals surface area contributed by atoms with Crippen molar-refractivity contribution < 1.29 is 50.7 Å². The van der Waals surface area contributed by atoms with Crippen LogP contribution in [-0.4, -0.2) is 160 Å². The molecule has 7 aromatic rings. The number of ketones is 1. The Morgan fingerprint density at radius 3 is 2.31 bits per heavy atom. The number of hydrogen-bond donors (Lipinski definition) is 5. The van der Waals surface area contributed by atoms with Gasteiger partial charge in [0.2, 0.25) is 17.6 Å². The molecule has 0 radical (unpaired) electrons. The van der Waals surface area contributed by atoms with Gasteiger partial charge in [0.1, 0.15) is 29.6 Å². The molecule has 4 saturated heterocycles. The van der Waals surface area contributed by atoms with Gasteiger partial charge in [0.15, 0.2) is 17.4 Å². The van der Waals surface area contributed by atoms with Gasteiger partial charge in [-0.3, -0.25) is 24.0 Å². The number of aromatic nitrogens is 4. The van der Waals surface area contributed by atoms with Crippen LogP contribution in [0.2, 0.25) is 0 Å². The van der Waals surface area contributed by atoms with Crippen molar-refractivity contribution in [2.75, 3.05) is 80.0 Å². The summed E-state index contributed by atoms with van der Waals surface area (Å²) in [6.07, 6.45) is 0.708. The molecule has 4 aliphatic rings. The number of aromatic amines is 1. The van der Waals surface area contributed by atoms with Gasteiger partial charge < -0.3 is 39.7 Å². The number of nitrogens with one attached hydrogen (secondary N) is 3. The summed E-state index contributed by atoms with van der Waals surface area (Å²) in [4.78, 5) is 63.1. The molecule has 5 N–H and O–H groups in total. The van der Waals surface area contributed by atoms with Crippen molar-refractivity contribution in [1.82, 2.24) is 39.5 Å². The van der Waals surface area contributed by atoms with E-state index in [1.165, 1.54) is 22.4 Å². The number of β-amino-alcohol motifs (C(OH)–C–C–N with tert-alkyl or cyclic N) is 1. The van der Waals surface area contributed by atoms with Crippen molar-refractivity contribution in [3.05, 3.63) is 130 Å². The third kappa shape index (κ3) is 10.8. The van der Waals surface area contributed by atoms with Crippen LogP contribution in [0.15, 0.2) is 95.2 Å². The standard InChI is InChI=1S/C56H60F3N11O8S2/c1-31(2)49(56(75)70-28-40(72)21-46(70)55(74)63-45(29-71)34-4-6-35(7-5-34)53-32(3)62-30-79-53)47-22-48(64-78-47)68-26-39(27-68)67-18-16-66(17-19-67)38-10-8-33(9-11-38)36-20-41-42(24-61-54(41)60-23-36)52(73)50-43(58)12-13-44(51(50)59)65-80(76,77)69-15-14-37(57)25-69/h4-13,20,22-24,30-31,37,39-40,45-46,49,65,71-72H,14-19,21,25-29H2,1-3H3,(H,60,61)(H,63,74)/t37-,40-,45+,46+,49?/m1/s1. The van der Waals surface area contributed by atoms with Gasteiger partial charge in [0.05, 0.1) is 46.1 Å². The molecule has 0 saturated carbocycles. The van der Waals surface area contributed by atoms with E-state index in [4.69, 9.17) is 4.52 Å². The number of rotatable bonds is 17. The quantitative estimate of drug-likeness (QED) is 0.0620. The summed E-state index contributed by atoms with van der Waals surface area (Å²) in [5.74, 6) is -4.41. The number of fused-ring (bicyclic) bond motifs is 1. The fraction of sp³-hybridized carbons (Fsp3) is 0.393. The molecule has 24 heteroatoms. The minimum atomic E-state index is -4.38. The summed E-state index contributed by atoms with van der Waals surface area (Å²) >= 11 is 1.53. The fourth-order valence-corrected chi connectivity index (χ4v) is 13.3.